The lowest BCUT2D eigenvalue weighted by atomic mass is 10.1. The highest BCUT2D eigenvalue weighted by Crippen LogP contribution is 2.27. The summed E-state index contributed by atoms with van der Waals surface area (Å²) in [4.78, 5) is 4.39. The van der Waals surface area contributed by atoms with E-state index in [9.17, 15) is 0 Å². The largest absolute Gasteiger partial charge is 0.379 e. The van der Waals surface area contributed by atoms with Gasteiger partial charge in [0, 0.05) is 17.5 Å². The summed E-state index contributed by atoms with van der Waals surface area (Å²) in [5.41, 5.74) is 5.91. The van der Waals surface area contributed by atoms with E-state index in [1.54, 1.807) is 0 Å². The van der Waals surface area contributed by atoms with Crippen LogP contribution < -0.4 is 5.73 Å². The van der Waals surface area contributed by atoms with Crippen LogP contribution in [0, 0.1) is 0 Å². The molecule has 0 spiro atoms. The lowest BCUT2D eigenvalue weighted by Crippen LogP contribution is -2.27. The van der Waals surface area contributed by atoms with Crippen molar-refractivity contribution in [3.63, 3.8) is 0 Å². The van der Waals surface area contributed by atoms with Crippen LogP contribution in [-0.4, -0.2) is 47.5 Å². The quantitative estimate of drug-likeness (QED) is 0.816. The summed E-state index contributed by atoms with van der Waals surface area (Å²) in [7, 11) is 0. The lowest BCUT2D eigenvalue weighted by molar-refractivity contribution is 0.0677. The van der Waals surface area contributed by atoms with Gasteiger partial charge in [0.15, 0.2) is 0 Å². The first-order valence-corrected chi connectivity index (χ1v) is 6.86. The van der Waals surface area contributed by atoms with Crippen LogP contribution in [0.1, 0.15) is 23.7 Å². The number of aromatic nitrogens is 2. The Morgan fingerprint density at radius 2 is 2.29 bits per heavy atom. The molecule has 0 radical (unpaired) electrons. The molecule has 94 valence electrons. The van der Waals surface area contributed by atoms with E-state index in [1.165, 1.54) is 0 Å². The Bertz CT molecular complexity index is 381. The number of nitrogens with zero attached hydrogens (tertiary/aromatic N) is 2. The second-order valence-corrected chi connectivity index (χ2v) is 5.38. The Kier molecular flexibility index (Phi) is 3.32. The zero-order valence-electron chi connectivity index (χ0n) is 9.37. The second kappa shape index (κ2) is 4.93. The average Bonchev–Trinajstić information content (AvgIpc) is 2.98. The Balaban J connectivity index is 1.73. The summed E-state index contributed by atoms with van der Waals surface area (Å²) in [5, 5.41) is 3.98. The average molecular weight is 257 g/mol. The fourth-order valence-corrected chi connectivity index (χ4v) is 2.83. The fourth-order valence-electron chi connectivity index (χ4n) is 1.99. The minimum absolute atomic E-state index is 0.0208. The van der Waals surface area contributed by atoms with Crippen molar-refractivity contribution >= 4 is 11.8 Å². The Morgan fingerprint density at radius 1 is 1.35 bits per heavy atom. The molecule has 6 nitrogen and oxygen atoms in total. The highest BCUT2D eigenvalue weighted by atomic mass is 32.2. The van der Waals surface area contributed by atoms with E-state index in [1.807, 2.05) is 11.8 Å². The van der Waals surface area contributed by atoms with E-state index < -0.39 is 0 Å². The number of nitrogens with two attached hydrogens (primary N) is 1. The van der Waals surface area contributed by atoms with Gasteiger partial charge in [0.05, 0.1) is 25.7 Å². The summed E-state index contributed by atoms with van der Waals surface area (Å²) >= 11 is 1.84. The van der Waals surface area contributed by atoms with Gasteiger partial charge in [-0.25, -0.2) is 0 Å². The summed E-state index contributed by atoms with van der Waals surface area (Å²) in [6, 6.07) is -0.0510. The first kappa shape index (κ1) is 11.5. The first-order chi connectivity index (χ1) is 8.34. The molecule has 1 aromatic heterocycles. The molecule has 2 N–H and O–H groups in total. The van der Waals surface area contributed by atoms with Gasteiger partial charge in [-0.3, -0.25) is 0 Å². The maximum Gasteiger partial charge on any atom is 0.233 e. The van der Waals surface area contributed by atoms with Crippen molar-refractivity contribution in [3.8, 4) is 0 Å². The molecule has 2 aliphatic heterocycles. The van der Waals surface area contributed by atoms with Crippen molar-refractivity contribution in [1.29, 1.82) is 0 Å². The predicted octanol–water partition coefficient (Wildman–Crippen LogP) is 0.315. The van der Waals surface area contributed by atoms with Gasteiger partial charge in [-0.15, -0.1) is 0 Å². The predicted molar refractivity (Wildman–Crippen MR) is 61.9 cm³/mol. The van der Waals surface area contributed by atoms with Gasteiger partial charge in [0.1, 0.15) is 6.10 Å². The maximum absolute atomic E-state index is 5.91. The Labute approximate surface area is 103 Å². The molecule has 17 heavy (non-hydrogen) atoms. The van der Waals surface area contributed by atoms with Crippen molar-refractivity contribution in [1.82, 2.24) is 10.1 Å². The molecule has 3 atom stereocenters. The normalized spacial score (nSPS) is 34.1. The summed E-state index contributed by atoms with van der Waals surface area (Å²) < 4.78 is 16.2. The molecule has 1 aromatic rings. The van der Waals surface area contributed by atoms with Crippen molar-refractivity contribution in [3.05, 3.63) is 11.7 Å². The zero-order valence-corrected chi connectivity index (χ0v) is 10.2. The number of hydrogen-bond donors (Lipinski definition) is 1. The van der Waals surface area contributed by atoms with Crippen molar-refractivity contribution in [2.24, 2.45) is 5.73 Å². The monoisotopic (exact) mass is 257 g/mol. The molecule has 0 aliphatic carbocycles. The van der Waals surface area contributed by atoms with Crippen LogP contribution in [0.2, 0.25) is 0 Å². The zero-order chi connectivity index (χ0) is 11.7. The van der Waals surface area contributed by atoms with Crippen LogP contribution in [0.4, 0.5) is 0 Å². The molecule has 3 heterocycles. The molecule has 0 aromatic carbocycles. The van der Waals surface area contributed by atoms with Gasteiger partial charge in [-0.1, -0.05) is 5.16 Å². The number of thioether (sulfide) groups is 1. The minimum Gasteiger partial charge on any atom is -0.379 e. The maximum atomic E-state index is 5.91. The molecule has 3 unspecified atom stereocenters. The summed E-state index contributed by atoms with van der Waals surface area (Å²) in [6.07, 6.45) is -0.0511. The topological polar surface area (TPSA) is 83.4 Å². The second-order valence-electron chi connectivity index (χ2n) is 4.23. The Hall–Kier alpha value is -0.630. The molecular formula is C10H15N3O3S. The first-order valence-electron chi connectivity index (χ1n) is 5.71. The van der Waals surface area contributed by atoms with Gasteiger partial charge < -0.3 is 19.7 Å². The third-order valence-corrected chi connectivity index (χ3v) is 4.00. The van der Waals surface area contributed by atoms with Gasteiger partial charge >= 0.3 is 0 Å². The van der Waals surface area contributed by atoms with Crippen molar-refractivity contribution in [2.45, 2.75) is 18.1 Å². The molecular weight excluding hydrogens is 242 g/mol. The summed E-state index contributed by atoms with van der Waals surface area (Å²) in [5.74, 6) is 3.14. The van der Waals surface area contributed by atoms with Crippen molar-refractivity contribution < 1.29 is 14.0 Å². The minimum atomic E-state index is -0.0511. The van der Waals surface area contributed by atoms with Crippen LogP contribution in [0.15, 0.2) is 4.52 Å². The molecule has 2 saturated heterocycles. The molecule has 0 bridgehead atoms. The van der Waals surface area contributed by atoms with E-state index in [0.29, 0.717) is 24.9 Å². The van der Waals surface area contributed by atoms with E-state index in [2.05, 4.69) is 10.1 Å². The van der Waals surface area contributed by atoms with Crippen LogP contribution >= 0.6 is 11.8 Å². The highest BCUT2D eigenvalue weighted by molar-refractivity contribution is 7.99. The van der Waals surface area contributed by atoms with Crippen LogP contribution in [0.5, 0.6) is 0 Å². The molecule has 0 amide bonds. The molecule has 3 rings (SSSR count). The standard InChI is InChI=1S/C10H15N3O3S/c11-7-4-14-3-6(7)10-12-9(13-16-10)8-5-17-2-1-15-8/h6-8H,1-5,11H2. The van der Waals surface area contributed by atoms with Gasteiger partial charge in [-0.2, -0.15) is 16.7 Å². The third-order valence-electron chi connectivity index (χ3n) is 3.00. The van der Waals surface area contributed by atoms with E-state index >= 15 is 0 Å². The van der Waals surface area contributed by atoms with E-state index in [-0.39, 0.29) is 18.1 Å². The summed E-state index contributed by atoms with van der Waals surface area (Å²) in [6.45, 7) is 1.85. The van der Waals surface area contributed by atoms with Gasteiger partial charge in [0.25, 0.3) is 0 Å². The number of ether oxygens (including phenoxy) is 2. The van der Waals surface area contributed by atoms with Crippen LogP contribution in [0.3, 0.4) is 0 Å². The lowest BCUT2D eigenvalue weighted by Gasteiger charge is -2.18. The Morgan fingerprint density at radius 3 is 3.00 bits per heavy atom. The van der Waals surface area contributed by atoms with E-state index in [4.69, 9.17) is 19.7 Å². The SMILES string of the molecule is NC1COCC1c1nc(C2CSCCO2)no1. The molecule has 2 fully saturated rings. The fraction of sp³-hybridized carbons (Fsp3) is 0.800. The molecule has 0 saturated carbocycles. The third kappa shape index (κ3) is 2.33. The smallest absolute Gasteiger partial charge is 0.233 e. The van der Waals surface area contributed by atoms with Crippen LogP contribution in [-0.2, 0) is 9.47 Å². The van der Waals surface area contributed by atoms with Crippen LogP contribution in [0.25, 0.3) is 0 Å². The highest BCUT2D eigenvalue weighted by Gasteiger charge is 2.32. The number of hydrogen-bond acceptors (Lipinski definition) is 7. The van der Waals surface area contributed by atoms with Crippen molar-refractivity contribution in [2.75, 3.05) is 31.3 Å². The molecule has 7 heteroatoms. The van der Waals surface area contributed by atoms with Gasteiger partial charge in [0.2, 0.25) is 11.7 Å². The van der Waals surface area contributed by atoms with Gasteiger partial charge in [-0.05, 0) is 0 Å². The number of rotatable bonds is 2. The van der Waals surface area contributed by atoms with E-state index in [0.717, 1.165) is 18.1 Å². The molecule has 2 aliphatic rings.